The molecule has 0 spiro atoms. The third-order valence-electron chi connectivity index (χ3n) is 4.77. The Balaban J connectivity index is 1.49. The van der Waals surface area contributed by atoms with E-state index >= 15 is 0 Å². The molecule has 1 saturated heterocycles. The maximum absolute atomic E-state index is 11.5. The topological polar surface area (TPSA) is 75.2 Å². The van der Waals surface area contributed by atoms with Gasteiger partial charge in [0.2, 0.25) is 12.7 Å². The SMILES string of the molecule is CN=C(NCc1ccc2c(c1)OCO2)N1CCC(CC(=O)NC)CC1. The summed E-state index contributed by atoms with van der Waals surface area (Å²) >= 11 is 0. The molecule has 2 N–H and O–H groups in total. The number of carbonyl (C=O) groups is 1. The van der Waals surface area contributed by atoms with Crippen molar-refractivity contribution in [2.75, 3.05) is 34.0 Å². The zero-order chi connectivity index (χ0) is 17.6. The van der Waals surface area contributed by atoms with Crippen molar-refractivity contribution >= 4 is 11.9 Å². The summed E-state index contributed by atoms with van der Waals surface area (Å²) in [5.74, 6) is 3.08. The lowest BCUT2D eigenvalue weighted by molar-refractivity contribution is -0.121. The van der Waals surface area contributed by atoms with Gasteiger partial charge in [-0.25, -0.2) is 0 Å². The van der Waals surface area contributed by atoms with Crippen LogP contribution in [0.25, 0.3) is 0 Å². The molecule has 0 radical (unpaired) electrons. The number of aliphatic imine (C=N–C) groups is 1. The number of rotatable bonds is 4. The predicted molar refractivity (Wildman–Crippen MR) is 95.7 cm³/mol. The number of fused-ring (bicyclic) bond motifs is 1. The molecule has 0 atom stereocenters. The largest absolute Gasteiger partial charge is 0.454 e. The molecule has 2 aliphatic heterocycles. The number of hydrogen-bond donors (Lipinski definition) is 2. The van der Waals surface area contributed by atoms with Crippen LogP contribution in [0.15, 0.2) is 23.2 Å². The van der Waals surface area contributed by atoms with Gasteiger partial charge >= 0.3 is 0 Å². The second kappa shape index (κ2) is 8.09. The monoisotopic (exact) mass is 346 g/mol. The van der Waals surface area contributed by atoms with Crippen LogP contribution in [0, 0.1) is 5.92 Å². The molecule has 0 saturated carbocycles. The Morgan fingerprint density at radius 3 is 2.76 bits per heavy atom. The Hall–Kier alpha value is -2.44. The number of piperidine rings is 1. The summed E-state index contributed by atoms with van der Waals surface area (Å²) in [6.45, 7) is 2.81. The summed E-state index contributed by atoms with van der Waals surface area (Å²) in [4.78, 5) is 18.2. The second-order valence-corrected chi connectivity index (χ2v) is 6.40. The fourth-order valence-corrected chi connectivity index (χ4v) is 3.28. The van der Waals surface area contributed by atoms with Crippen LogP contribution in [-0.4, -0.2) is 50.7 Å². The Bertz CT molecular complexity index is 639. The zero-order valence-electron chi connectivity index (χ0n) is 14.9. The summed E-state index contributed by atoms with van der Waals surface area (Å²) in [6, 6.07) is 5.97. The maximum atomic E-state index is 11.5. The van der Waals surface area contributed by atoms with E-state index in [9.17, 15) is 4.79 Å². The van der Waals surface area contributed by atoms with Crippen molar-refractivity contribution in [3.05, 3.63) is 23.8 Å². The number of guanidine groups is 1. The van der Waals surface area contributed by atoms with Crippen LogP contribution in [-0.2, 0) is 11.3 Å². The molecule has 7 heteroatoms. The molecular weight excluding hydrogens is 320 g/mol. The first kappa shape index (κ1) is 17.4. The molecule has 0 aliphatic carbocycles. The Kier molecular flexibility index (Phi) is 5.63. The quantitative estimate of drug-likeness (QED) is 0.636. The maximum Gasteiger partial charge on any atom is 0.231 e. The third kappa shape index (κ3) is 4.35. The van der Waals surface area contributed by atoms with Gasteiger partial charge in [0.25, 0.3) is 0 Å². The summed E-state index contributed by atoms with van der Waals surface area (Å²) in [5, 5.41) is 6.12. The number of nitrogens with zero attached hydrogens (tertiary/aromatic N) is 2. The molecule has 136 valence electrons. The van der Waals surface area contributed by atoms with Crippen LogP contribution in [0.2, 0.25) is 0 Å². The van der Waals surface area contributed by atoms with E-state index in [-0.39, 0.29) is 5.91 Å². The molecule has 2 heterocycles. The highest BCUT2D eigenvalue weighted by Crippen LogP contribution is 2.32. The minimum absolute atomic E-state index is 0.128. The number of benzene rings is 1. The molecule has 7 nitrogen and oxygen atoms in total. The van der Waals surface area contributed by atoms with Crippen molar-refractivity contribution in [1.29, 1.82) is 0 Å². The molecule has 0 bridgehead atoms. The normalized spacial score (nSPS) is 17.5. The van der Waals surface area contributed by atoms with E-state index < -0.39 is 0 Å². The number of nitrogens with one attached hydrogen (secondary N) is 2. The lowest BCUT2D eigenvalue weighted by atomic mass is 9.93. The summed E-state index contributed by atoms with van der Waals surface area (Å²) in [6.07, 6.45) is 2.64. The minimum atomic E-state index is 0.128. The Labute approximate surface area is 148 Å². The first-order valence-electron chi connectivity index (χ1n) is 8.74. The molecule has 1 aromatic carbocycles. The van der Waals surface area contributed by atoms with Crippen molar-refractivity contribution < 1.29 is 14.3 Å². The molecule has 3 rings (SSSR count). The fraction of sp³-hybridized carbons (Fsp3) is 0.556. The van der Waals surface area contributed by atoms with Gasteiger partial charge in [0.05, 0.1) is 0 Å². The van der Waals surface area contributed by atoms with Gasteiger partial charge in [0.1, 0.15) is 0 Å². The van der Waals surface area contributed by atoms with Gasteiger partial charge in [0.15, 0.2) is 17.5 Å². The second-order valence-electron chi connectivity index (χ2n) is 6.40. The molecule has 25 heavy (non-hydrogen) atoms. The molecule has 2 aliphatic rings. The first-order valence-corrected chi connectivity index (χ1v) is 8.74. The standard InChI is InChI=1S/C18H26N4O3/c1-19-17(23)10-13-5-7-22(8-6-13)18(20-2)21-11-14-3-4-15-16(9-14)25-12-24-15/h3-4,9,13H,5-8,10-12H2,1-2H3,(H,19,23)(H,20,21). The van der Waals surface area contributed by atoms with E-state index in [0.29, 0.717) is 25.7 Å². The highest BCUT2D eigenvalue weighted by molar-refractivity contribution is 5.80. The zero-order valence-corrected chi connectivity index (χ0v) is 14.9. The lowest BCUT2D eigenvalue weighted by Crippen LogP contribution is -2.45. The molecule has 0 aromatic heterocycles. The number of amides is 1. The van der Waals surface area contributed by atoms with Crippen LogP contribution in [0.5, 0.6) is 11.5 Å². The Morgan fingerprint density at radius 2 is 2.04 bits per heavy atom. The molecule has 0 unspecified atom stereocenters. The van der Waals surface area contributed by atoms with E-state index in [2.05, 4.69) is 20.5 Å². The van der Waals surface area contributed by atoms with E-state index in [1.807, 2.05) is 18.2 Å². The summed E-state index contributed by atoms with van der Waals surface area (Å²) in [5.41, 5.74) is 1.12. The van der Waals surface area contributed by atoms with E-state index in [0.717, 1.165) is 49.0 Å². The van der Waals surface area contributed by atoms with Gasteiger partial charge < -0.3 is 25.0 Å². The van der Waals surface area contributed by atoms with E-state index in [1.54, 1.807) is 14.1 Å². The first-order chi connectivity index (χ1) is 12.2. The average molecular weight is 346 g/mol. The molecule has 1 aromatic rings. The van der Waals surface area contributed by atoms with Crippen LogP contribution in [0.1, 0.15) is 24.8 Å². The van der Waals surface area contributed by atoms with Crippen molar-refractivity contribution in [2.24, 2.45) is 10.9 Å². The predicted octanol–water partition coefficient (Wildman–Crippen LogP) is 1.34. The van der Waals surface area contributed by atoms with Crippen LogP contribution in [0.3, 0.4) is 0 Å². The van der Waals surface area contributed by atoms with Gasteiger partial charge in [-0.15, -0.1) is 0 Å². The van der Waals surface area contributed by atoms with Crippen LogP contribution in [0.4, 0.5) is 0 Å². The van der Waals surface area contributed by atoms with Crippen molar-refractivity contribution in [3.63, 3.8) is 0 Å². The van der Waals surface area contributed by atoms with Crippen molar-refractivity contribution in [1.82, 2.24) is 15.5 Å². The lowest BCUT2D eigenvalue weighted by Gasteiger charge is -2.34. The Morgan fingerprint density at radius 1 is 1.28 bits per heavy atom. The van der Waals surface area contributed by atoms with E-state index in [1.165, 1.54) is 0 Å². The van der Waals surface area contributed by atoms with Crippen LogP contribution >= 0.6 is 0 Å². The van der Waals surface area contributed by atoms with Gasteiger partial charge in [0, 0.05) is 40.2 Å². The molecule has 1 amide bonds. The minimum Gasteiger partial charge on any atom is -0.454 e. The third-order valence-corrected chi connectivity index (χ3v) is 4.77. The van der Waals surface area contributed by atoms with Crippen LogP contribution < -0.4 is 20.1 Å². The number of carbonyl (C=O) groups excluding carboxylic acids is 1. The average Bonchev–Trinajstić information content (AvgIpc) is 3.11. The van der Waals surface area contributed by atoms with E-state index in [4.69, 9.17) is 9.47 Å². The smallest absolute Gasteiger partial charge is 0.231 e. The summed E-state index contributed by atoms with van der Waals surface area (Å²) in [7, 11) is 3.50. The molecular formula is C18H26N4O3. The number of ether oxygens (including phenoxy) is 2. The van der Waals surface area contributed by atoms with Crippen molar-refractivity contribution in [2.45, 2.75) is 25.8 Å². The molecule has 1 fully saturated rings. The highest BCUT2D eigenvalue weighted by atomic mass is 16.7. The fourth-order valence-electron chi connectivity index (χ4n) is 3.28. The highest BCUT2D eigenvalue weighted by Gasteiger charge is 2.23. The number of hydrogen-bond acceptors (Lipinski definition) is 4. The van der Waals surface area contributed by atoms with Gasteiger partial charge in [-0.3, -0.25) is 9.79 Å². The van der Waals surface area contributed by atoms with Crippen molar-refractivity contribution in [3.8, 4) is 11.5 Å². The van der Waals surface area contributed by atoms with Gasteiger partial charge in [-0.1, -0.05) is 6.07 Å². The number of likely N-dealkylation sites (tertiary alicyclic amines) is 1. The van der Waals surface area contributed by atoms with Gasteiger partial charge in [-0.2, -0.15) is 0 Å². The summed E-state index contributed by atoms with van der Waals surface area (Å²) < 4.78 is 10.8. The van der Waals surface area contributed by atoms with Gasteiger partial charge in [-0.05, 0) is 36.5 Å².